The van der Waals surface area contributed by atoms with E-state index in [9.17, 15) is 0 Å². The predicted molar refractivity (Wildman–Crippen MR) is 193 cm³/mol. The molecule has 0 N–H and O–H groups in total. The summed E-state index contributed by atoms with van der Waals surface area (Å²) in [5.41, 5.74) is 14.1. The summed E-state index contributed by atoms with van der Waals surface area (Å²) in [7, 11) is 0. The molecule has 0 amide bonds. The fraction of sp³-hybridized carbons (Fsp3) is 0.0909. The summed E-state index contributed by atoms with van der Waals surface area (Å²) in [4.78, 5) is 10.3. The molecule has 2 heterocycles. The van der Waals surface area contributed by atoms with Crippen LogP contribution in [-0.2, 0) is 5.41 Å². The van der Waals surface area contributed by atoms with Gasteiger partial charge in [-0.3, -0.25) is 0 Å². The van der Waals surface area contributed by atoms with Crippen molar-refractivity contribution in [2.75, 3.05) is 0 Å². The fourth-order valence-corrected chi connectivity index (χ4v) is 6.24. The third-order valence-corrected chi connectivity index (χ3v) is 8.37. The molecule has 0 radical (unpaired) electrons. The number of aromatic nitrogens is 2. The number of hydrogen-bond acceptors (Lipinski definition) is 2. The zero-order valence-electron chi connectivity index (χ0n) is 26.5. The minimum atomic E-state index is -0.155. The van der Waals surface area contributed by atoms with Gasteiger partial charge in [0, 0.05) is 22.3 Å². The highest BCUT2D eigenvalue weighted by molar-refractivity contribution is 5.86. The number of pyridine rings is 2. The standard InChI is InChI=1S/C44H36N2/c1-44(2,3)43-37(35-27-39(31-17-8-4-9-18-31)45-40(28-35)32-19-10-5-11-20-32)25-16-26-38(43)36-29-41(33-21-12-6-13-22-33)46-42(30-36)34-23-14-7-15-24-34/h4-30H,1-3H3. The Morgan fingerprint density at radius 3 is 0.870 bits per heavy atom. The van der Waals surface area contributed by atoms with Gasteiger partial charge in [0.1, 0.15) is 0 Å². The van der Waals surface area contributed by atoms with Gasteiger partial charge in [-0.2, -0.15) is 0 Å². The van der Waals surface area contributed by atoms with Gasteiger partial charge >= 0.3 is 0 Å². The van der Waals surface area contributed by atoms with Crippen LogP contribution in [-0.4, -0.2) is 9.97 Å². The Hall–Kier alpha value is -5.60. The van der Waals surface area contributed by atoms with E-state index in [2.05, 4.69) is 185 Å². The van der Waals surface area contributed by atoms with Gasteiger partial charge in [-0.25, -0.2) is 9.97 Å². The van der Waals surface area contributed by atoms with Crippen LogP contribution in [0.1, 0.15) is 26.3 Å². The summed E-state index contributed by atoms with van der Waals surface area (Å²) in [6.45, 7) is 6.93. The molecule has 0 bridgehead atoms. The zero-order chi connectivity index (χ0) is 31.5. The van der Waals surface area contributed by atoms with Crippen molar-refractivity contribution in [2.24, 2.45) is 0 Å². The number of hydrogen-bond donors (Lipinski definition) is 0. The molecule has 2 heteroatoms. The highest BCUT2D eigenvalue weighted by Crippen LogP contribution is 2.43. The van der Waals surface area contributed by atoms with Crippen LogP contribution in [0.3, 0.4) is 0 Å². The monoisotopic (exact) mass is 592 g/mol. The van der Waals surface area contributed by atoms with Crippen molar-refractivity contribution in [2.45, 2.75) is 26.2 Å². The highest BCUT2D eigenvalue weighted by atomic mass is 14.7. The normalized spacial score (nSPS) is 11.4. The van der Waals surface area contributed by atoms with Gasteiger partial charge in [-0.1, -0.05) is 160 Å². The van der Waals surface area contributed by atoms with Crippen LogP contribution in [0.2, 0.25) is 0 Å². The van der Waals surface area contributed by atoms with Crippen molar-refractivity contribution in [3.05, 3.63) is 169 Å². The van der Waals surface area contributed by atoms with Gasteiger partial charge in [-0.15, -0.1) is 0 Å². The van der Waals surface area contributed by atoms with Crippen molar-refractivity contribution in [1.82, 2.24) is 9.97 Å². The van der Waals surface area contributed by atoms with Gasteiger partial charge < -0.3 is 0 Å². The van der Waals surface area contributed by atoms with E-state index in [0.717, 1.165) is 56.2 Å². The second-order valence-corrected chi connectivity index (χ2v) is 12.7. The Labute approximate surface area is 272 Å². The second-order valence-electron chi connectivity index (χ2n) is 12.7. The smallest absolute Gasteiger partial charge is 0.0715 e. The first-order valence-electron chi connectivity index (χ1n) is 15.8. The molecule has 7 rings (SSSR count). The average Bonchev–Trinajstić information content (AvgIpc) is 3.12. The lowest BCUT2D eigenvalue weighted by Crippen LogP contribution is -2.15. The summed E-state index contributed by atoms with van der Waals surface area (Å²) < 4.78 is 0. The molecule has 0 spiro atoms. The minimum absolute atomic E-state index is 0.155. The van der Waals surface area contributed by atoms with E-state index < -0.39 is 0 Å². The molecular weight excluding hydrogens is 556 g/mol. The van der Waals surface area contributed by atoms with E-state index in [4.69, 9.17) is 9.97 Å². The third-order valence-electron chi connectivity index (χ3n) is 8.37. The van der Waals surface area contributed by atoms with Crippen LogP contribution < -0.4 is 0 Å². The van der Waals surface area contributed by atoms with Gasteiger partial charge in [0.15, 0.2) is 0 Å². The number of rotatable bonds is 6. The van der Waals surface area contributed by atoms with Crippen LogP contribution in [0, 0.1) is 0 Å². The fourth-order valence-electron chi connectivity index (χ4n) is 6.24. The molecule has 0 aliphatic heterocycles. The molecule has 0 atom stereocenters. The van der Waals surface area contributed by atoms with E-state index in [1.54, 1.807) is 0 Å². The Bertz CT molecular complexity index is 1830. The van der Waals surface area contributed by atoms with E-state index in [-0.39, 0.29) is 5.41 Å². The molecule has 0 fully saturated rings. The van der Waals surface area contributed by atoms with Crippen LogP contribution in [0.15, 0.2) is 164 Å². The molecule has 0 aliphatic carbocycles. The minimum Gasteiger partial charge on any atom is -0.248 e. The summed E-state index contributed by atoms with van der Waals surface area (Å²) in [5.74, 6) is 0. The molecule has 0 aliphatic rings. The van der Waals surface area contributed by atoms with E-state index in [1.165, 1.54) is 16.7 Å². The van der Waals surface area contributed by atoms with Crippen molar-refractivity contribution >= 4 is 0 Å². The first kappa shape index (κ1) is 29.1. The van der Waals surface area contributed by atoms with Crippen molar-refractivity contribution in [3.63, 3.8) is 0 Å². The molecule has 0 saturated heterocycles. The maximum atomic E-state index is 5.15. The number of nitrogens with zero attached hydrogens (tertiary/aromatic N) is 2. The predicted octanol–water partition coefficient (Wildman–Crippen LogP) is 11.8. The summed E-state index contributed by atoms with van der Waals surface area (Å²) in [6, 6.07) is 57.6. The Kier molecular flexibility index (Phi) is 7.86. The highest BCUT2D eigenvalue weighted by Gasteiger charge is 2.25. The van der Waals surface area contributed by atoms with Gasteiger partial charge in [0.2, 0.25) is 0 Å². The molecule has 2 aromatic heterocycles. The quantitative estimate of drug-likeness (QED) is 0.192. The Morgan fingerprint density at radius 1 is 0.326 bits per heavy atom. The molecule has 7 aromatic rings. The molecule has 222 valence electrons. The number of benzene rings is 5. The largest absolute Gasteiger partial charge is 0.248 e. The first-order valence-corrected chi connectivity index (χ1v) is 15.8. The van der Waals surface area contributed by atoms with Crippen LogP contribution >= 0.6 is 0 Å². The summed E-state index contributed by atoms with van der Waals surface area (Å²) in [6.07, 6.45) is 0. The summed E-state index contributed by atoms with van der Waals surface area (Å²) >= 11 is 0. The first-order chi connectivity index (χ1) is 22.4. The maximum absolute atomic E-state index is 5.15. The summed E-state index contributed by atoms with van der Waals surface area (Å²) in [5, 5.41) is 0. The molecule has 5 aromatic carbocycles. The topological polar surface area (TPSA) is 25.8 Å². The Balaban J connectivity index is 1.48. The molecule has 2 nitrogen and oxygen atoms in total. The van der Waals surface area contributed by atoms with Crippen molar-refractivity contribution in [3.8, 4) is 67.3 Å². The lowest BCUT2D eigenvalue weighted by molar-refractivity contribution is 0.593. The lowest BCUT2D eigenvalue weighted by atomic mass is 9.77. The van der Waals surface area contributed by atoms with E-state index in [0.29, 0.717) is 0 Å². The SMILES string of the molecule is CC(C)(C)c1c(-c2cc(-c3ccccc3)nc(-c3ccccc3)c2)cccc1-c1cc(-c2ccccc2)nc(-c2ccccc2)c1. The van der Waals surface area contributed by atoms with E-state index >= 15 is 0 Å². The van der Waals surface area contributed by atoms with Crippen LogP contribution in [0.25, 0.3) is 67.3 Å². The van der Waals surface area contributed by atoms with Crippen molar-refractivity contribution in [1.29, 1.82) is 0 Å². The maximum Gasteiger partial charge on any atom is 0.0715 e. The van der Waals surface area contributed by atoms with Gasteiger partial charge in [-0.05, 0) is 57.5 Å². The van der Waals surface area contributed by atoms with E-state index in [1.807, 2.05) is 0 Å². The van der Waals surface area contributed by atoms with Gasteiger partial charge in [0.25, 0.3) is 0 Å². The molecular formula is C44H36N2. The van der Waals surface area contributed by atoms with Crippen LogP contribution in [0.5, 0.6) is 0 Å². The molecule has 0 unspecified atom stereocenters. The lowest BCUT2D eigenvalue weighted by Gasteiger charge is -2.28. The Morgan fingerprint density at radius 2 is 0.609 bits per heavy atom. The molecule has 0 saturated carbocycles. The average molecular weight is 593 g/mol. The van der Waals surface area contributed by atoms with Crippen LogP contribution in [0.4, 0.5) is 0 Å². The zero-order valence-corrected chi connectivity index (χ0v) is 26.5. The second kappa shape index (κ2) is 12.4. The third kappa shape index (κ3) is 6.03. The van der Waals surface area contributed by atoms with Crippen molar-refractivity contribution < 1.29 is 0 Å². The van der Waals surface area contributed by atoms with Gasteiger partial charge in [0.05, 0.1) is 22.8 Å². The molecule has 46 heavy (non-hydrogen) atoms.